The van der Waals surface area contributed by atoms with E-state index in [9.17, 15) is 4.79 Å². The fourth-order valence-corrected chi connectivity index (χ4v) is 3.09. The molecule has 1 N–H and O–H groups in total. The van der Waals surface area contributed by atoms with Crippen molar-refractivity contribution in [3.8, 4) is 5.75 Å². The molecule has 130 valence electrons. The van der Waals surface area contributed by atoms with Gasteiger partial charge in [-0.15, -0.1) is 0 Å². The van der Waals surface area contributed by atoms with Crippen LogP contribution in [0.25, 0.3) is 0 Å². The van der Waals surface area contributed by atoms with Gasteiger partial charge < -0.3 is 15.0 Å². The number of para-hydroxylation sites is 1. The molecule has 0 saturated carbocycles. The predicted molar refractivity (Wildman–Crippen MR) is 101 cm³/mol. The largest absolute Gasteiger partial charge is 0.490 e. The molecule has 2 atom stereocenters. The molecule has 4 heteroatoms. The Morgan fingerprint density at radius 1 is 1.28 bits per heavy atom. The summed E-state index contributed by atoms with van der Waals surface area (Å²) in [5.74, 6) is 0.834. The number of hydrogen-bond acceptors (Lipinski definition) is 3. The first kappa shape index (κ1) is 17.1. The number of carbonyl (C=O) groups is 1. The highest BCUT2D eigenvalue weighted by atomic mass is 16.5. The van der Waals surface area contributed by atoms with Crippen LogP contribution in [0.1, 0.15) is 42.4 Å². The second kappa shape index (κ2) is 7.43. The zero-order valence-electron chi connectivity index (χ0n) is 14.7. The van der Waals surface area contributed by atoms with Gasteiger partial charge in [-0.1, -0.05) is 43.8 Å². The summed E-state index contributed by atoms with van der Waals surface area (Å²) < 4.78 is 5.66. The van der Waals surface area contributed by atoms with E-state index in [0.717, 1.165) is 29.0 Å². The molecule has 2 aromatic rings. The van der Waals surface area contributed by atoms with Gasteiger partial charge >= 0.3 is 0 Å². The molecule has 1 aliphatic heterocycles. The van der Waals surface area contributed by atoms with Crippen molar-refractivity contribution in [1.82, 2.24) is 4.90 Å². The number of fused-ring (bicyclic) bond motifs is 1. The van der Waals surface area contributed by atoms with Crippen molar-refractivity contribution in [2.75, 3.05) is 11.9 Å². The van der Waals surface area contributed by atoms with E-state index in [1.807, 2.05) is 53.4 Å². The molecule has 0 bridgehead atoms. The van der Waals surface area contributed by atoms with Crippen LogP contribution in [0.5, 0.6) is 5.75 Å². The molecule has 1 heterocycles. The van der Waals surface area contributed by atoms with E-state index in [4.69, 9.17) is 4.74 Å². The summed E-state index contributed by atoms with van der Waals surface area (Å²) in [7, 11) is 0. The van der Waals surface area contributed by atoms with Crippen LogP contribution >= 0.6 is 0 Å². The first-order valence-corrected chi connectivity index (χ1v) is 8.67. The lowest BCUT2D eigenvalue weighted by atomic mass is 10.0. The van der Waals surface area contributed by atoms with Gasteiger partial charge in [0, 0.05) is 11.7 Å². The predicted octanol–water partition coefficient (Wildman–Crippen LogP) is 4.62. The van der Waals surface area contributed by atoms with Crippen molar-refractivity contribution in [3.05, 3.63) is 72.3 Å². The van der Waals surface area contributed by atoms with Crippen molar-refractivity contribution < 1.29 is 9.53 Å². The van der Waals surface area contributed by atoms with Crippen molar-refractivity contribution in [1.29, 1.82) is 0 Å². The van der Waals surface area contributed by atoms with E-state index in [1.165, 1.54) is 0 Å². The summed E-state index contributed by atoms with van der Waals surface area (Å²) in [5, 5.41) is 3.52. The average molecular weight is 336 g/mol. The molecule has 0 unspecified atom stereocenters. The number of ether oxygens (including phenoxy) is 1. The smallest absolute Gasteiger partial charge is 0.258 e. The molecule has 1 amide bonds. The molecular weight excluding hydrogens is 312 g/mol. The number of amides is 1. The summed E-state index contributed by atoms with van der Waals surface area (Å²) in [6.45, 7) is 8.31. The lowest BCUT2D eigenvalue weighted by Gasteiger charge is -2.41. The number of nitrogens with one attached hydrogen (secondary N) is 1. The highest BCUT2D eigenvalue weighted by Crippen LogP contribution is 2.35. The van der Waals surface area contributed by atoms with Crippen LogP contribution in [0.15, 0.2) is 61.2 Å². The second-order valence-corrected chi connectivity index (χ2v) is 6.23. The maximum atomic E-state index is 13.1. The highest BCUT2D eigenvalue weighted by molar-refractivity contribution is 6.01. The number of benzene rings is 2. The van der Waals surface area contributed by atoms with E-state index in [1.54, 1.807) is 6.08 Å². The van der Waals surface area contributed by atoms with Gasteiger partial charge in [0.25, 0.3) is 5.91 Å². The van der Waals surface area contributed by atoms with Crippen LogP contribution in [0.4, 0.5) is 5.69 Å². The SMILES string of the molecule is C=CCOc1cccc([C@H]2Nc3ccccc3C(=O)N2[C@H](C)CC)c1. The van der Waals surface area contributed by atoms with E-state index in [2.05, 4.69) is 25.7 Å². The van der Waals surface area contributed by atoms with Gasteiger partial charge in [-0.05, 0) is 43.2 Å². The van der Waals surface area contributed by atoms with Gasteiger partial charge in [0.1, 0.15) is 18.5 Å². The lowest BCUT2D eigenvalue weighted by molar-refractivity contribution is 0.0593. The average Bonchev–Trinajstić information content (AvgIpc) is 2.66. The third-order valence-corrected chi connectivity index (χ3v) is 4.57. The minimum atomic E-state index is -0.218. The molecule has 1 aliphatic rings. The van der Waals surface area contributed by atoms with E-state index >= 15 is 0 Å². The van der Waals surface area contributed by atoms with Gasteiger partial charge in [-0.2, -0.15) is 0 Å². The minimum absolute atomic E-state index is 0.0612. The lowest BCUT2D eigenvalue weighted by Crippen LogP contribution is -2.47. The summed E-state index contributed by atoms with van der Waals surface area (Å²) in [4.78, 5) is 15.0. The minimum Gasteiger partial charge on any atom is -0.490 e. The Balaban J connectivity index is 2.00. The third kappa shape index (κ3) is 3.38. The number of hydrogen-bond donors (Lipinski definition) is 1. The Kier molecular flexibility index (Phi) is 5.08. The zero-order valence-corrected chi connectivity index (χ0v) is 14.7. The molecule has 0 saturated heterocycles. The third-order valence-electron chi connectivity index (χ3n) is 4.57. The van der Waals surface area contributed by atoms with Gasteiger partial charge in [0.2, 0.25) is 0 Å². The zero-order chi connectivity index (χ0) is 17.8. The fourth-order valence-electron chi connectivity index (χ4n) is 3.09. The summed E-state index contributed by atoms with van der Waals surface area (Å²) in [6, 6.07) is 15.7. The molecule has 3 rings (SSSR count). The topological polar surface area (TPSA) is 41.6 Å². The molecule has 0 spiro atoms. The van der Waals surface area contributed by atoms with Crippen LogP contribution in [-0.2, 0) is 0 Å². The summed E-state index contributed by atoms with van der Waals surface area (Å²) >= 11 is 0. The van der Waals surface area contributed by atoms with Crippen LogP contribution in [-0.4, -0.2) is 23.5 Å². The van der Waals surface area contributed by atoms with E-state index < -0.39 is 0 Å². The molecule has 2 aromatic carbocycles. The standard InChI is InChI=1S/C21H24N2O2/c1-4-13-25-17-10-8-9-16(14-17)20-22-19-12-7-6-11-18(19)21(24)23(20)15(3)5-2/h4,6-12,14-15,20,22H,1,5,13H2,2-3H3/t15-,20+/m1/s1. The number of carbonyl (C=O) groups excluding carboxylic acids is 1. The maximum absolute atomic E-state index is 13.1. The first-order chi connectivity index (χ1) is 12.2. The van der Waals surface area contributed by atoms with E-state index in [-0.39, 0.29) is 18.1 Å². The van der Waals surface area contributed by atoms with Crippen molar-refractivity contribution in [3.63, 3.8) is 0 Å². The molecule has 0 radical (unpaired) electrons. The van der Waals surface area contributed by atoms with Crippen molar-refractivity contribution in [2.45, 2.75) is 32.5 Å². The van der Waals surface area contributed by atoms with Crippen molar-refractivity contribution >= 4 is 11.6 Å². The normalized spacial score (nSPS) is 17.4. The quantitative estimate of drug-likeness (QED) is 0.783. The molecule has 0 fully saturated rings. The Morgan fingerprint density at radius 2 is 2.08 bits per heavy atom. The number of rotatable bonds is 6. The fraction of sp³-hybridized carbons (Fsp3) is 0.286. The van der Waals surface area contributed by atoms with Crippen LogP contribution in [0, 0.1) is 0 Å². The number of nitrogens with zero attached hydrogens (tertiary/aromatic N) is 1. The second-order valence-electron chi connectivity index (χ2n) is 6.23. The van der Waals surface area contributed by atoms with Gasteiger partial charge in [0.15, 0.2) is 0 Å². The maximum Gasteiger partial charge on any atom is 0.258 e. The van der Waals surface area contributed by atoms with Crippen LogP contribution in [0.2, 0.25) is 0 Å². The van der Waals surface area contributed by atoms with Gasteiger partial charge in [-0.3, -0.25) is 4.79 Å². The summed E-state index contributed by atoms with van der Waals surface area (Å²) in [6.07, 6.45) is 2.39. The molecule has 0 aliphatic carbocycles. The number of anilines is 1. The van der Waals surface area contributed by atoms with Crippen molar-refractivity contribution in [2.24, 2.45) is 0 Å². The van der Waals surface area contributed by atoms with Gasteiger partial charge in [-0.25, -0.2) is 0 Å². The van der Waals surface area contributed by atoms with E-state index in [0.29, 0.717) is 6.61 Å². The Hall–Kier alpha value is -2.75. The highest BCUT2D eigenvalue weighted by Gasteiger charge is 2.35. The summed E-state index contributed by atoms with van der Waals surface area (Å²) in [5.41, 5.74) is 2.59. The Bertz CT molecular complexity index is 772. The van der Waals surface area contributed by atoms with Crippen LogP contribution < -0.4 is 10.1 Å². The van der Waals surface area contributed by atoms with Gasteiger partial charge in [0.05, 0.1) is 5.56 Å². The molecule has 25 heavy (non-hydrogen) atoms. The Morgan fingerprint density at radius 3 is 2.84 bits per heavy atom. The molecule has 4 nitrogen and oxygen atoms in total. The monoisotopic (exact) mass is 336 g/mol. The Labute approximate surface area is 149 Å². The molecule has 0 aromatic heterocycles. The first-order valence-electron chi connectivity index (χ1n) is 8.67. The molecular formula is C21H24N2O2. The van der Waals surface area contributed by atoms with Crippen LogP contribution in [0.3, 0.4) is 0 Å².